The van der Waals surface area contributed by atoms with Crippen molar-refractivity contribution in [1.29, 1.82) is 0 Å². The van der Waals surface area contributed by atoms with Gasteiger partial charge in [-0.3, -0.25) is 9.52 Å². The number of benzene rings is 2. The van der Waals surface area contributed by atoms with Crippen LogP contribution in [0.2, 0.25) is 0 Å². The molecule has 1 aliphatic heterocycles. The fraction of sp³-hybridized carbons (Fsp3) is 0.552. The molecule has 11 heteroatoms. The standard InChI is InChI=1S/C29H43N3O7S/c1-20-18-32(21(2)19-33)29(34)26-16-23(31-40(35,36)25-12-10-24(37-5)11-13-25)9-14-27(26)39-22(3)8-6-7-15-38-28(20)17-30-4/h9-14,16,20-22,28,30-31,33H,6-8,15,17-19H2,1-5H3/t20-,21-,22-,28+/m0/s1. The van der Waals surface area contributed by atoms with Gasteiger partial charge in [0.15, 0.2) is 0 Å². The highest BCUT2D eigenvalue weighted by molar-refractivity contribution is 7.92. The van der Waals surface area contributed by atoms with E-state index >= 15 is 0 Å². The number of nitrogens with one attached hydrogen (secondary N) is 2. The fourth-order valence-electron chi connectivity index (χ4n) is 4.65. The third kappa shape index (κ3) is 8.33. The van der Waals surface area contributed by atoms with Gasteiger partial charge in [-0.1, -0.05) is 6.92 Å². The number of aliphatic hydroxyl groups excluding tert-OH is 1. The number of fused-ring (bicyclic) bond motifs is 1. The molecule has 0 fully saturated rings. The molecule has 0 spiro atoms. The minimum atomic E-state index is -3.93. The summed E-state index contributed by atoms with van der Waals surface area (Å²) < 4.78 is 46.3. The molecular weight excluding hydrogens is 534 g/mol. The molecule has 3 N–H and O–H groups in total. The highest BCUT2D eigenvalue weighted by atomic mass is 32.2. The molecule has 1 aliphatic rings. The van der Waals surface area contributed by atoms with Crippen LogP contribution in [0.4, 0.5) is 5.69 Å². The van der Waals surface area contributed by atoms with E-state index < -0.39 is 16.1 Å². The molecule has 0 bridgehead atoms. The quantitative estimate of drug-likeness (QED) is 0.435. The Hall–Kier alpha value is -2.86. The lowest BCUT2D eigenvalue weighted by Crippen LogP contribution is -2.47. The summed E-state index contributed by atoms with van der Waals surface area (Å²) in [7, 11) is -0.562. The number of amides is 1. The predicted molar refractivity (Wildman–Crippen MR) is 155 cm³/mol. The number of anilines is 1. The molecule has 1 heterocycles. The van der Waals surface area contributed by atoms with Crippen molar-refractivity contribution in [3.05, 3.63) is 48.0 Å². The first kappa shape index (κ1) is 31.7. The molecule has 0 saturated heterocycles. The number of sulfonamides is 1. The van der Waals surface area contributed by atoms with Crippen molar-refractivity contribution in [3.8, 4) is 11.5 Å². The van der Waals surface area contributed by atoms with E-state index in [0.717, 1.165) is 19.3 Å². The minimum Gasteiger partial charge on any atom is -0.497 e. The second-order valence-corrected chi connectivity index (χ2v) is 12.0. The number of nitrogens with zero attached hydrogens (tertiary/aromatic N) is 1. The number of aliphatic hydroxyl groups is 1. The molecule has 4 atom stereocenters. The zero-order chi connectivity index (χ0) is 29.3. The second-order valence-electron chi connectivity index (χ2n) is 10.3. The molecule has 0 aromatic heterocycles. The van der Waals surface area contributed by atoms with Crippen molar-refractivity contribution in [2.75, 3.05) is 45.2 Å². The number of hydrogen-bond donors (Lipinski definition) is 3. The van der Waals surface area contributed by atoms with Gasteiger partial charge in [0.05, 0.1) is 42.4 Å². The minimum absolute atomic E-state index is 0.0339. The first-order valence-corrected chi connectivity index (χ1v) is 15.2. The van der Waals surface area contributed by atoms with Crippen molar-refractivity contribution in [1.82, 2.24) is 10.2 Å². The lowest BCUT2D eigenvalue weighted by Gasteiger charge is -2.34. The van der Waals surface area contributed by atoms with Crippen LogP contribution >= 0.6 is 0 Å². The van der Waals surface area contributed by atoms with E-state index in [1.165, 1.54) is 25.3 Å². The van der Waals surface area contributed by atoms with Crippen LogP contribution in [0.3, 0.4) is 0 Å². The fourth-order valence-corrected chi connectivity index (χ4v) is 5.70. The topological polar surface area (TPSA) is 126 Å². The first-order chi connectivity index (χ1) is 19.1. The van der Waals surface area contributed by atoms with Crippen molar-refractivity contribution in [2.24, 2.45) is 5.92 Å². The Morgan fingerprint density at radius 1 is 1.15 bits per heavy atom. The second kappa shape index (κ2) is 14.7. The maximum atomic E-state index is 14.1. The summed E-state index contributed by atoms with van der Waals surface area (Å²) in [6, 6.07) is 10.3. The number of carbonyl (C=O) groups excluding carboxylic acids is 1. The molecule has 0 saturated carbocycles. The van der Waals surface area contributed by atoms with Crippen molar-refractivity contribution < 1.29 is 32.5 Å². The van der Waals surface area contributed by atoms with Gasteiger partial charge in [-0.25, -0.2) is 8.42 Å². The zero-order valence-electron chi connectivity index (χ0n) is 24.1. The van der Waals surface area contributed by atoms with E-state index in [4.69, 9.17) is 14.2 Å². The molecule has 0 aliphatic carbocycles. The summed E-state index contributed by atoms with van der Waals surface area (Å²) in [5.74, 6) is 0.513. The molecule has 222 valence electrons. The van der Waals surface area contributed by atoms with Crippen LogP contribution < -0.4 is 19.5 Å². The van der Waals surface area contributed by atoms with Crippen LogP contribution in [-0.2, 0) is 14.8 Å². The Morgan fingerprint density at radius 3 is 2.52 bits per heavy atom. The molecule has 0 unspecified atom stereocenters. The first-order valence-electron chi connectivity index (χ1n) is 13.7. The van der Waals surface area contributed by atoms with Gasteiger partial charge in [-0.15, -0.1) is 0 Å². The summed E-state index contributed by atoms with van der Waals surface area (Å²) in [5, 5.41) is 13.2. The number of rotatable bonds is 8. The molecular formula is C29H43N3O7S. The van der Waals surface area contributed by atoms with Gasteiger partial charge in [0, 0.05) is 31.3 Å². The van der Waals surface area contributed by atoms with Crippen LogP contribution in [0.5, 0.6) is 11.5 Å². The lowest BCUT2D eigenvalue weighted by atomic mass is 10.0. The van der Waals surface area contributed by atoms with Crippen molar-refractivity contribution in [2.45, 2.75) is 63.2 Å². The highest BCUT2D eigenvalue weighted by Crippen LogP contribution is 2.29. The Kier molecular flexibility index (Phi) is 11.6. The number of likely N-dealkylation sites (N-methyl/N-ethyl adjacent to an activating group) is 1. The van der Waals surface area contributed by atoms with Gasteiger partial charge >= 0.3 is 0 Å². The number of hydrogen-bond acceptors (Lipinski definition) is 8. The summed E-state index contributed by atoms with van der Waals surface area (Å²) in [5.41, 5.74) is 0.443. The van der Waals surface area contributed by atoms with Crippen LogP contribution in [0, 0.1) is 5.92 Å². The third-order valence-corrected chi connectivity index (χ3v) is 8.48. The smallest absolute Gasteiger partial charge is 0.261 e. The third-order valence-electron chi connectivity index (χ3n) is 7.08. The molecule has 2 aromatic rings. The van der Waals surface area contributed by atoms with Crippen LogP contribution in [0.1, 0.15) is 50.4 Å². The largest absolute Gasteiger partial charge is 0.497 e. The lowest BCUT2D eigenvalue weighted by molar-refractivity contribution is -0.000450. The SMILES string of the molecule is CNC[C@H]1OCCCC[C@H](C)Oc2ccc(NS(=O)(=O)c3ccc(OC)cc3)cc2C(=O)N([C@@H](C)CO)C[C@@H]1C. The summed E-state index contributed by atoms with van der Waals surface area (Å²) in [6.07, 6.45) is 2.26. The monoisotopic (exact) mass is 577 g/mol. The van der Waals surface area contributed by atoms with E-state index in [0.29, 0.717) is 31.2 Å². The van der Waals surface area contributed by atoms with Crippen LogP contribution in [0.15, 0.2) is 47.4 Å². The molecule has 2 aromatic carbocycles. The zero-order valence-corrected chi connectivity index (χ0v) is 24.9. The highest BCUT2D eigenvalue weighted by Gasteiger charge is 2.30. The molecule has 0 radical (unpaired) electrons. The number of carbonyl (C=O) groups is 1. The summed E-state index contributed by atoms with van der Waals surface area (Å²) >= 11 is 0. The molecule has 40 heavy (non-hydrogen) atoms. The summed E-state index contributed by atoms with van der Waals surface area (Å²) in [6.45, 7) is 7.10. The van der Waals surface area contributed by atoms with Gasteiger partial charge in [-0.2, -0.15) is 0 Å². The van der Waals surface area contributed by atoms with Crippen LogP contribution in [-0.4, -0.2) is 83.0 Å². The Balaban J connectivity index is 2.01. The maximum absolute atomic E-state index is 14.1. The molecule has 1 amide bonds. The van der Waals surface area contributed by atoms with E-state index in [9.17, 15) is 18.3 Å². The Bertz CT molecular complexity index is 1210. The maximum Gasteiger partial charge on any atom is 0.261 e. The van der Waals surface area contributed by atoms with E-state index in [1.807, 2.05) is 20.9 Å². The van der Waals surface area contributed by atoms with Crippen molar-refractivity contribution in [3.63, 3.8) is 0 Å². The molecule has 10 nitrogen and oxygen atoms in total. The normalized spacial score (nSPS) is 22.0. The average molecular weight is 578 g/mol. The Labute approximate surface area is 238 Å². The van der Waals surface area contributed by atoms with E-state index in [2.05, 4.69) is 10.0 Å². The average Bonchev–Trinajstić information content (AvgIpc) is 2.94. The van der Waals surface area contributed by atoms with Crippen molar-refractivity contribution >= 4 is 21.6 Å². The van der Waals surface area contributed by atoms with Gasteiger partial charge in [0.1, 0.15) is 11.5 Å². The predicted octanol–water partition coefficient (Wildman–Crippen LogP) is 3.51. The van der Waals surface area contributed by atoms with Gasteiger partial charge in [0.2, 0.25) is 0 Å². The molecule has 3 rings (SSSR count). The summed E-state index contributed by atoms with van der Waals surface area (Å²) in [4.78, 5) is 15.7. The van der Waals surface area contributed by atoms with Crippen LogP contribution in [0.25, 0.3) is 0 Å². The van der Waals surface area contributed by atoms with Gasteiger partial charge in [-0.05, 0) is 82.6 Å². The van der Waals surface area contributed by atoms with E-state index in [1.54, 1.807) is 36.1 Å². The van der Waals surface area contributed by atoms with Gasteiger partial charge in [0.25, 0.3) is 15.9 Å². The number of methoxy groups -OCH3 is 1. The Morgan fingerprint density at radius 2 is 1.88 bits per heavy atom. The van der Waals surface area contributed by atoms with Gasteiger partial charge < -0.3 is 29.5 Å². The number of ether oxygens (including phenoxy) is 3. The van der Waals surface area contributed by atoms with E-state index in [-0.39, 0.29) is 46.8 Å².